The summed E-state index contributed by atoms with van der Waals surface area (Å²) in [6.07, 6.45) is -4.08. The predicted octanol–water partition coefficient (Wildman–Crippen LogP) is 5.02. The minimum Gasteiger partial charge on any atom is -0.439 e. The molecule has 0 radical (unpaired) electrons. The van der Waals surface area contributed by atoms with Crippen molar-refractivity contribution < 1.29 is 27.5 Å². The number of carbonyl (C=O) groups excluding carboxylic acids is 2. The van der Waals surface area contributed by atoms with E-state index in [1.165, 1.54) is 31.3 Å². The Balaban J connectivity index is 1.83. The molecule has 4 rings (SSSR count). The monoisotopic (exact) mass is 520 g/mol. The number of aryl methyl sites for hydroxylation is 2. The predicted molar refractivity (Wildman–Crippen MR) is 127 cm³/mol. The van der Waals surface area contributed by atoms with E-state index < -0.39 is 34.8 Å². The minimum absolute atomic E-state index is 0.224. The van der Waals surface area contributed by atoms with Crippen molar-refractivity contribution in [2.75, 3.05) is 4.90 Å². The number of thiocarbonyl (C=S) groups is 1. The van der Waals surface area contributed by atoms with Crippen LogP contribution >= 0.6 is 23.8 Å². The number of halogens is 4. The van der Waals surface area contributed by atoms with Crippen molar-refractivity contribution in [3.05, 3.63) is 75.9 Å². The van der Waals surface area contributed by atoms with E-state index in [0.717, 1.165) is 21.2 Å². The first-order chi connectivity index (χ1) is 16.5. The van der Waals surface area contributed by atoms with Gasteiger partial charge in [-0.15, -0.1) is 0 Å². The van der Waals surface area contributed by atoms with Crippen LogP contribution in [0.15, 0.2) is 54.1 Å². The van der Waals surface area contributed by atoms with Crippen LogP contribution in [0.1, 0.15) is 16.8 Å². The van der Waals surface area contributed by atoms with Crippen LogP contribution < -0.4 is 15.0 Å². The second-order valence-corrected chi connectivity index (χ2v) is 8.36. The molecule has 0 atom stereocenters. The summed E-state index contributed by atoms with van der Waals surface area (Å²) < 4.78 is 48.1. The third-order valence-corrected chi connectivity index (χ3v) is 5.55. The maximum Gasteiger partial charge on any atom is 0.435 e. The Kier molecular flexibility index (Phi) is 6.39. The summed E-state index contributed by atoms with van der Waals surface area (Å²) in [5.41, 5.74) is -1.29. The van der Waals surface area contributed by atoms with Gasteiger partial charge in [0.05, 0.1) is 11.3 Å². The number of nitrogens with zero attached hydrogens (tertiary/aromatic N) is 3. The highest BCUT2D eigenvalue weighted by atomic mass is 35.5. The second kappa shape index (κ2) is 9.16. The second-order valence-electron chi connectivity index (χ2n) is 7.54. The molecule has 1 aromatic heterocycles. The topological polar surface area (TPSA) is 76.5 Å². The molecule has 2 heterocycles. The van der Waals surface area contributed by atoms with Gasteiger partial charge >= 0.3 is 6.18 Å². The molecule has 12 heteroatoms. The van der Waals surface area contributed by atoms with Crippen LogP contribution in [0.5, 0.6) is 11.6 Å². The summed E-state index contributed by atoms with van der Waals surface area (Å²) in [6, 6.07) is 12.6. The van der Waals surface area contributed by atoms with Crippen LogP contribution in [-0.2, 0) is 22.8 Å². The number of amides is 2. The first-order valence-electron chi connectivity index (χ1n) is 10.0. The lowest BCUT2D eigenvalue weighted by Crippen LogP contribution is -2.54. The molecule has 2 aromatic carbocycles. The summed E-state index contributed by atoms with van der Waals surface area (Å²) in [5, 5.41) is 6.04. The maximum absolute atomic E-state index is 13.8. The largest absolute Gasteiger partial charge is 0.439 e. The average Bonchev–Trinajstić information content (AvgIpc) is 3.09. The molecule has 1 saturated heterocycles. The molecular weight excluding hydrogens is 505 g/mol. The fraction of sp³-hybridized carbons (Fsp3) is 0.130. The maximum atomic E-state index is 13.8. The number of anilines is 1. The lowest BCUT2D eigenvalue weighted by molar-refractivity contribution is -0.141. The lowest BCUT2D eigenvalue weighted by atomic mass is 10.1. The van der Waals surface area contributed by atoms with E-state index in [1.807, 2.05) is 6.92 Å². The fourth-order valence-corrected chi connectivity index (χ4v) is 3.74. The van der Waals surface area contributed by atoms with Gasteiger partial charge in [-0.1, -0.05) is 29.3 Å². The van der Waals surface area contributed by atoms with E-state index in [-0.39, 0.29) is 22.4 Å². The van der Waals surface area contributed by atoms with Crippen LogP contribution in [0.4, 0.5) is 18.9 Å². The van der Waals surface area contributed by atoms with Gasteiger partial charge in [0.15, 0.2) is 10.8 Å². The van der Waals surface area contributed by atoms with Crippen molar-refractivity contribution in [1.82, 2.24) is 15.1 Å². The van der Waals surface area contributed by atoms with Crippen molar-refractivity contribution in [2.45, 2.75) is 13.1 Å². The van der Waals surface area contributed by atoms with Crippen LogP contribution in [0.25, 0.3) is 6.08 Å². The summed E-state index contributed by atoms with van der Waals surface area (Å²) in [6.45, 7) is 1.84. The molecule has 0 saturated carbocycles. The molecule has 1 fully saturated rings. The minimum atomic E-state index is -4.89. The number of aromatic nitrogens is 2. The van der Waals surface area contributed by atoms with Crippen LogP contribution in [0.2, 0.25) is 5.02 Å². The number of alkyl halides is 3. The molecule has 0 bridgehead atoms. The van der Waals surface area contributed by atoms with Gasteiger partial charge in [0.2, 0.25) is 5.88 Å². The van der Waals surface area contributed by atoms with Gasteiger partial charge in [-0.05, 0) is 61.6 Å². The van der Waals surface area contributed by atoms with Crippen molar-refractivity contribution in [1.29, 1.82) is 0 Å². The fourth-order valence-electron chi connectivity index (χ4n) is 3.33. The zero-order valence-electron chi connectivity index (χ0n) is 18.2. The quantitative estimate of drug-likeness (QED) is 0.297. The molecule has 35 heavy (non-hydrogen) atoms. The standard InChI is InChI=1S/C23H16ClF3N4O3S/c1-12-3-9-15(10-4-12)34-21-16(18(23(25,26)27)29-30(21)2)11-17-19(32)28-22(35)31(20(17)33)14-7-5-13(24)6-8-14/h3-11H,1-2H3,(H,28,32,35). The smallest absolute Gasteiger partial charge is 0.435 e. The summed E-state index contributed by atoms with van der Waals surface area (Å²) in [7, 11) is 1.26. The van der Waals surface area contributed by atoms with Gasteiger partial charge in [0.25, 0.3) is 11.8 Å². The molecule has 0 spiro atoms. The van der Waals surface area contributed by atoms with Gasteiger partial charge in [0.1, 0.15) is 11.3 Å². The van der Waals surface area contributed by atoms with Crippen LogP contribution in [0.3, 0.4) is 0 Å². The number of hydrogen-bond donors (Lipinski definition) is 1. The summed E-state index contributed by atoms with van der Waals surface area (Å²) >= 11 is 11.0. The molecule has 180 valence electrons. The van der Waals surface area contributed by atoms with E-state index in [2.05, 4.69) is 10.4 Å². The Labute approximate surface area is 207 Å². The number of carbonyl (C=O) groups is 2. The zero-order valence-corrected chi connectivity index (χ0v) is 19.8. The number of nitrogens with one attached hydrogen (secondary N) is 1. The highest BCUT2D eigenvalue weighted by Crippen LogP contribution is 2.39. The van der Waals surface area contributed by atoms with E-state index in [1.54, 1.807) is 24.3 Å². The van der Waals surface area contributed by atoms with Gasteiger partial charge in [0, 0.05) is 12.1 Å². The third kappa shape index (κ3) is 4.91. The highest BCUT2D eigenvalue weighted by Gasteiger charge is 2.41. The summed E-state index contributed by atoms with van der Waals surface area (Å²) in [5.74, 6) is -1.93. The zero-order chi connectivity index (χ0) is 25.5. The van der Waals surface area contributed by atoms with Crippen molar-refractivity contribution in [2.24, 2.45) is 7.05 Å². The third-order valence-electron chi connectivity index (χ3n) is 5.01. The van der Waals surface area contributed by atoms with Gasteiger partial charge < -0.3 is 4.74 Å². The van der Waals surface area contributed by atoms with Crippen molar-refractivity contribution in [3.8, 4) is 11.6 Å². The molecule has 1 N–H and O–H groups in total. The highest BCUT2D eigenvalue weighted by molar-refractivity contribution is 7.80. The number of benzene rings is 2. The molecule has 2 amide bonds. The lowest BCUT2D eigenvalue weighted by Gasteiger charge is -2.29. The van der Waals surface area contributed by atoms with Gasteiger partial charge in [-0.3, -0.25) is 19.8 Å². The molecule has 1 aliphatic heterocycles. The Bertz CT molecular complexity index is 1370. The van der Waals surface area contributed by atoms with E-state index in [9.17, 15) is 22.8 Å². The first kappa shape index (κ1) is 24.4. The molecule has 0 unspecified atom stereocenters. The Morgan fingerprint density at radius 2 is 1.71 bits per heavy atom. The number of hydrogen-bond acceptors (Lipinski definition) is 5. The first-order valence-corrected chi connectivity index (χ1v) is 10.8. The Morgan fingerprint density at radius 3 is 2.31 bits per heavy atom. The summed E-state index contributed by atoms with van der Waals surface area (Å²) in [4.78, 5) is 26.9. The van der Waals surface area contributed by atoms with E-state index in [4.69, 9.17) is 28.6 Å². The van der Waals surface area contributed by atoms with Crippen LogP contribution in [-0.4, -0.2) is 26.7 Å². The molecular formula is C23H16ClF3N4O3S. The molecule has 0 aliphatic carbocycles. The van der Waals surface area contributed by atoms with Crippen molar-refractivity contribution in [3.63, 3.8) is 0 Å². The Hall–Kier alpha value is -3.70. The van der Waals surface area contributed by atoms with Gasteiger partial charge in [-0.2, -0.15) is 18.3 Å². The van der Waals surface area contributed by atoms with Crippen LogP contribution in [0, 0.1) is 6.92 Å². The molecule has 7 nitrogen and oxygen atoms in total. The van der Waals surface area contributed by atoms with Gasteiger partial charge in [-0.25, -0.2) is 4.68 Å². The molecule has 1 aliphatic rings. The SMILES string of the molecule is Cc1ccc(Oc2c(C=C3C(=O)NC(=S)N(c4ccc(Cl)cc4)C3=O)c(C(F)(F)F)nn2C)cc1. The van der Waals surface area contributed by atoms with E-state index >= 15 is 0 Å². The van der Waals surface area contributed by atoms with Crippen molar-refractivity contribution >= 4 is 52.5 Å². The molecule has 3 aromatic rings. The van der Waals surface area contributed by atoms with E-state index in [0.29, 0.717) is 5.02 Å². The average molecular weight is 521 g/mol. The Morgan fingerprint density at radius 1 is 1.09 bits per heavy atom. The number of ether oxygens (including phenoxy) is 1. The number of rotatable bonds is 4. The normalized spacial score (nSPS) is 15.5.